The minimum Gasteiger partial charge on any atom is -0.367 e. The first kappa shape index (κ1) is 16.3. The summed E-state index contributed by atoms with van der Waals surface area (Å²) in [6.45, 7) is 3.92. The van der Waals surface area contributed by atoms with Crippen molar-refractivity contribution in [3.63, 3.8) is 0 Å². The third-order valence-electron chi connectivity index (χ3n) is 4.19. The van der Waals surface area contributed by atoms with E-state index in [9.17, 15) is 4.79 Å². The van der Waals surface area contributed by atoms with Crippen molar-refractivity contribution in [3.05, 3.63) is 59.7 Å². The second-order valence-electron chi connectivity index (χ2n) is 6.55. The van der Waals surface area contributed by atoms with Crippen molar-refractivity contribution in [1.29, 1.82) is 0 Å². The van der Waals surface area contributed by atoms with Crippen molar-refractivity contribution in [2.75, 3.05) is 10.6 Å². The Hall–Kier alpha value is -3.22. The van der Waals surface area contributed by atoms with E-state index in [4.69, 9.17) is 0 Å². The average molecular weight is 348 g/mol. The van der Waals surface area contributed by atoms with Gasteiger partial charge in [-0.3, -0.25) is 4.79 Å². The summed E-state index contributed by atoms with van der Waals surface area (Å²) < 4.78 is 1.77. The summed E-state index contributed by atoms with van der Waals surface area (Å²) in [6.07, 6.45) is 5.58. The van der Waals surface area contributed by atoms with Gasteiger partial charge < -0.3 is 10.6 Å². The van der Waals surface area contributed by atoms with E-state index in [2.05, 4.69) is 25.7 Å². The number of pyridine rings is 2. The lowest BCUT2D eigenvalue weighted by Crippen LogP contribution is -2.13. The molecule has 3 aromatic heterocycles. The van der Waals surface area contributed by atoms with E-state index in [0.29, 0.717) is 23.1 Å². The van der Waals surface area contributed by atoms with Crippen LogP contribution in [0.3, 0.4) is 0 Å². The maximum Gasteiger partial charge on any atom is 0.257 e. The normalized spacial score (nSPS) is 13.5. The van der Waals surface area contributed by atoms with Gasteiger partial charge in [0.15, 0.2) is 5.82 Å². The summed E-state index contributed by atoms with van der Waals surface area (Å²) in [6, 6.07) is 9.77. The Morgan fingerprint density at radius 1 is 1.12 bits per heavy atom. The summed E-state index contributed by atoms with van der Waals surface area (Å²) in [7, 11) is 0. The van der Waals surface area contributed by atoms with E-state index >= 15 is 0 Å². The molecule has 1 amide bonds. The van der Waals surface area contributed by atoms with Gasteiger partial charge in [0.25, 0.3) is 5.91 Å². The Labute approximate surface area is 151 Å². The first-order chi connectivity index (χ1) is 12.6. The van der Waals surface area contributed by atoms with E-state index in [-0.39, 0.29) is 5.91 Å². The molecule has 0 aromatic carbocycles. The average Bonchev–Trinajstić information content (AvgIpc) is 3.38. The van der Waals surface area contributed by atoms with Crippen LogP contribution in [-0.2, 0) is 0 Å². The summed E-state index contributed by atoms with van der Waals surface area (Å²) in [5, 5.41) is 10.5. The van der Waals surface area contributed by atoms with Crippen LogP contribution in [0.5, 0.6) is 0 Å². The van der Waals surface area contributed by atoms with Gasteiger partial charge in [-0.15, -0.1) is 0 Å². The van der Waals surface area contributed by atoms with Crippen molar-refractivity contribution in [1.82, 2.24) is 19.7 Å². The zero-order chi connectivity index (χ0) is 18.1. The molecule has 1 aliphatic rings. The molecule has 0 radical (unpaired) electrons. The summed E-state index contributed by atoms with van der Waals surface area (Å²) >= 11 is 0. The zero-order valence-corrected chi connectivity index (χ0v) is 14.7. The number of aryl methyl sites for hydroxylation is 2. The van der Waals surface area contributed by atoms with Crippen molar-refractivity contribution >= 4 is 17.4 Å². The van der Waals surface area contributed by atoms with Gasteiger partial charge >= 0.3 is 0 Å². The van der Waals surface area contributed by atoms with Gasteiger partial charge in [-0.25, -0.2) is 14.6 Å². The van der Waals surface area contributed by atoms with Gasteiger partial charge in [-0.1, -0.05) is 0 Å². The molecule has 0 atom stereocenters. The van der Waals surface area contributed by atoms with E-state index in [1.807, 2.05) is 38.1 Å². The van der Waals surface area contributed by atoms with Crippen LogP contribution in [0, 0.1) is 13.8 Å². The molecule has 3 heterocycles. The molecule has 0 aliphatic heterocycles. The number of nitrogens with zero attached hydrogens (tertiary/aromatic N) is 4. The number of carbonyl (C=O) groups is 1. The highest BCUT2D eigenvalue weighted by Gasteiger charge is 2.21. The number of hydrogen-bond acceptors (Lipinski definition) is 5. The maximum atomic E-state index is 12.4. The Kier molecular flexibility index (Phi) is 4.12. The van der Waals surface area contributed by atoms with E-state index in [0.717, 1.165) is 17.2 Å². The summed E-state index contributed by atoms with van der Waals surface area (Å²) in [4.78, 5) is 21.0. The van der Waals surface area contributed by atoms with Crippen LogP contribution >= 0.6 is 0 Å². The molecule has 3 aromatic rings. The van der Waals surface area contributed by atoms with Crippen molar-refractivity contribution < 1.29 is 4.79 Å². The van der Waals surface area contributed by atoms with Crippen LogP contribution in [0.25, 0.3) is 5.82 Å². The van der Waals surface area contributed by atoms with Crippen LogP contribution in [0.1, 0.15) is 34.6 Å². The van der Waals surface area contributed by atoms with Crippen LogP contribution in [0.15, 0.2) is 42.7 Å². The highest BCUT2D eigenvalue weighted by Crippen LogP contribution is 2.23. The number of aromatic nitrogens is 4. The largest absolute Gasteiger partial charge is 0.367 e. The monoisotopic (exact) mass is 348 g/mol. The number of carbonyl (C=O) groups excluding carboxylic acids is 1. The number of anilines is 2. The van der Waals surface area contributed by atoms with E-state index < -0.39 is 0 Å². The standard InChI is InChI=1S/C19H20N6O/c1-12-9-13(2)25(24-12)18-8-6-16(11-21-18)23-19(26)14-3-7-17(20-10-14)22-15-4-5-15/h3,6-11,15H,4-5H2,1-2H3,(H,20,22)(H,23,26). The Balaban J connectivity index is 1.43. The Morgan fingerprint density at radius 2 is 1.96 bits per heavy atom. The molecule has 1 aliphatic carbocycles. The molecular weight excluding hydrogens is 328 g/mol. The highest BCUT2D eigenvalue weighted by molar-refractivity contribution is 6.04. The van der Waals surface area contributed by atoms with E-state index in [1.54, 1.807) is 23.1 Å². The lowest BCUT2D eigenvalue weighted by molar-refractivity contribution is 0.102. The van der Waals surface area contributed by atoms with Crippen molar-refractivity contribution in [2.45, 2.75) is 32.7 Å². The molecule has 26 heavy (non-hydrogen) atoms. The molecular formula is C19H20N6O. The molecule has 4 rings (SSSR count). The predicted octanol–water partition coefficient (Wildman–Crippen LogP) is 3.11. The molecule has 0 saturated heterocycles. The van der Waals surface area contributed by atoms with Crippen LogP contribution < -0.4 is 10.6 Å². The molecule has 1 fully saturated rings. The number of hydrogen-bond donors (Lipinski definition) is 2. The Morgan fingerprint density at radius 3 is 2.54 bits per heavy atom. The maximum absolute atomic E-state index is 12.4. The topological polar surface area (TPSA) is 84.7 Å². The second kappa shape index (κ2) is 6.59. The molecule has 1 saturated carbocycles. The fourth-order valence-electron chi connectivity index (χ4n) is 2.70. The smallest absolute Gasteiger partial charge is 0.257 e. The van der Waals surface area contributed by atoms with Gasteiger partial charge in [-0.05, 0) is 57.0 Å². The number of rotatable bonds is 5. The van der Waals surface area contributed by atoms with Gasteiger partial charge in [0, 0.05) is 17.9 Å². The number of amides is 1. The van der Waals surface area contributed by atoms with Crippen LogP contribution in [0.2, 0.25) is 0 Å². The fraction of sp³-hybridized carbons (Fsp3) is 0.263. The molecule has 0 spiro atoms. The second-order valence-corrected chi connectivity index (χ2v) is 6.55. The van der Waals surface area contributed by atoms with Gasteiger partial charge in [0.05, 0.1) is 23.1 Å². The zero-order valence-electron chi connectivity index (χ0n) is 14.7. The fourth-order valence-corrected chi connectivity index (χ4v) is 2.70. The summed E-state index contributed by atoms with van der Waals surface area (Å²) in [5.41, 5.74) is 3.08. The lowest BCUT2D eigenvalue weighted by Gasteiger charge is -2.08. The predicted molar refractivity (Wildman–Crippen MR) is 99.7 cm³/mol. The first-order valence-electron chi connectivity index (χ1n) is 8.62. The van der Waals surface area contributed by atoms with Gasteiger partial charge in [0.1, 0.15) is 5.82 Å². The summed E-state index contributed by atoms with van der Waals surface area (Å²) in [5.74, 6) is 1.31. The lowest BCUT2D eigenvalue weighted by atomic mass is 10.2. The molecule has 0 unspecified atom stereocenters. The quantitative estimate of drug-likeness (QED) is 0.740. The molecule has 2 N–H and O–H groups in total. The van der Waals surface area contributed by atoms with Crippen molar-refractivity contribution in [2.24, 2.45) is 0 Å². The molecule has 0 bridgehead atoms. The minimum absolute atomic E-state index is 0.212. The van der Waals surface area contributed by atoms with Crippen LogP contribution in [-0.4, -0.2) is 31.7 Å². The van der Waals surface area contributed by atoms with E-state index in [1.165, 1.54) is 12.8 Å². The minimum atomic E-state index is -0.212. The molecule has 7 heteroatoms. The highest BCUT2D eigenvalue weighted by atomic mass is 16.1. The number of nitrogens with one attached hydrogen (secondary N) is 2. The Bertz CT molecular complexity index is 926. The molecule has 7 nitrogen and oxygen atoms in total. The van der Waals surface area contributed by atoms with Crippen LogP contribution in [0.4, 0.5) is 11.5 Å². The van der Waals surface area contributed by atoms with Gasteiger partial charge in [-0.2, -0.15) is 5.10 Å². The SMILES string of the molecule is Cc1cc(C)n(-c2ccc(NC(=O)c3ccc(NC4CC4)nc3)cn2)n1. The first-order valence-corrected chi connectivity index (χ1v) is 8.62. The van der Waals surface area contributed by atoms with Crippen molar-refractivity contribution in [3.8, 4) is 5.82 Å². The third-order valence-corrected chi connectivity index (χ3v) is 4.19. The van der Waals surface area contributed by atoms with Gasteiger partial charge in [0.2, 0.25) is 0 Å². The third kappa shape index (κ3) is 3.56. The molecule has 132 valence electrons.